The van der Waals surface area contributed by atoms with Crippen molar-refractivity contribution in [3.8, 4) is 0 Å². The minimum absolute atomic E-state index is 0.0836. The van der Waals surface area contributed by atoms with E-state index in [9.17, 15) is 39.0 Å². The molecule has 0 heterocycles. The molecule has 0 aliphatic rings. The van der Waals surface area contributed by atoms with Crippen LogP contribution in [0.15, 0.2) is 30.3 Å². The largest absolute Gasteiger partial charge is 0.481 e. The normalized spacial score (nSPS) is 14.9. The number of carboxylic acid groups (broad SMARTS) is 2. The Balaban J connectivity index is 2.95. The molecule has 0 saturated heterocycles. The summed E-state index contributed by atoms with van der Waals surface area (Å²) in [6.07, 6.45) is -2.91. The zero-order valence-corrected chi connectivity index (χ0v) is 19.5. The van der Waals surface area contributed by atoms with Gasteiger partial charge in [0, 0.05) is 12.8 Å². The van der Waals surface area contributed by atoms with Crippen LogP contribution in [0.2, 0.25) is 0 Å². The second-order valence-corrected chi connectivity index (χ2v) is 8.09. The Morgan fingerprint density at radius 3 is 1.97 bits per heavy atom. The van der Waals surface area contributed by atoms with E-state index in [-0.39, 0.29) is 12.8 Å². The number of carboxylic acids is 2. The summed E-state index contributed by atoms with van der Waals surface area (Å²) in [7, 11) is 0. The number of amides is 4. The zero-order chi connectivity index (χ0) is 27.4. The molecule has 1 rings (SSSR count). The predicted octanol–water partition coefficient (Wildman–Crippen LogP) is -2.78. The average Bonchev–Trinajstić information content (AvgIpc) is 2.79. The van der Waals surface area contributed by atoms with Crippen LogP contribution in [-0.2, 0) is 35.2 Å². The van der Waals surface area contributed by atoms with E-state index in [0.29, 0.717) is 5.56 Å². The molecule has 0 aliphatic carbocycles. The molecule has 0 bridgehead atoms. The minimum atomic E-state index is -1.63. The third-order valence-electron chi connectivity index (χ3n) is 5.00. The second-order valence-electron chi connectivity index (χ2n) is 8.09. The van der Waals surface area contributed by atoms with E-state index in [4.69, 9.17) is 16.6 Å². The highest BCUT2D eigenvalue weighted by molar-refractivity contribution is 5.96. The Morgan fingerprint density at radius 2 is 1.47 bits per heavy atom. The van der Waals surface area contributed by atoms with Gasteiger partial charge in [-0.15, -0.1) is 0 Å². The summed E-state index contributed by atoms with van der Waals surface area (Å²) in [5.41, 5.74) is 11.4. The fourth-order valence-electron chi connectivity index (χ4n) is 3.07. The van der Waals surface area contributed by atoms with Gasteiger partial charge >= 0.3 is 11.9 Å². The molecule has 0 aromatic heterocycles. The third-order valence-corrected chi connectivity index (χ3v) is 5.00. The molecule has 14 heteroatoms. The lowest BCUT2D eigenvalue weighted by atomic mass is 10.0. The number of hydrogen-bond acceptors (Lipinski definition) is 8. The first-order valence-electron chi connectivity index (χ1n) is 10.9. The van der Waals surface area contributed by atoms with Gasteiger partial charge in [0.05, 0.1) is 18.6 Å². The first-order valence-corrected chi connectivity index (χ1v) is 10.9. The van der Waals surface area contributed by atoms with Crippen LogP contribution in [0.1, 0.15) is 31.7 Å². The lowest BCUT2D eigenvalue weighted by Crippen LogP contribution is -2.60. The Bertz CT molecular complexity index is 954. The van der Waals surface area contributed by atoms with Crippen molar-refractivity contribution in [2.24, 2.45) is 11.5 Å². The Labute approximate surface area is 206 Å². The van der Waals surface area contributed by atoms with Crippen molar-refractivity contribution >= 4 is 35.6 Å². The van der Waals surface area contributed by atoms with Crippen LogP contribution in [0.25, 0.3) is 0 Å². The highest BCUT2D eigenvalue weighted by atomic mass is 16.4. The summed E-state index contributed by atoms with van der Waals surface area (Å²) in [6.45, 7) is 1.16. The number of nitrogens with two attached hydrogens (primary N) is 2. The molecular weight excluding hydrogens is 478 g/mol. The lowest BCUT2D eigenvalue weighted by molar-refractivity contribution is -0.142. The van der Waals surface area contributed by atoms with E-state index in [1.54, 1.807) is 30.3 Å². The topological polar surface area (TPSA) is 251 Å². The van der Waals surface area contributed by atoms with Crippen molar-refractivity contribution in [2.75, 3.05) is 0 Å². The van der Waals surface area contributed by atoms with Crippen molar-refractivity contribution in [3.05, 3.63) is 35.9 Å². The summed E-state index contributed by atoms with van der Waals surface area (Å²) in [5, 5.41) is 34.8. The Kier molecular flexibility index (Phi) is 12.0. The van der Waals surface area contributed by atoms with Gasteiger partial charge in [0.2, 0.25) is 23.6 Å². The number of carbonyl (C=O) groups excluding carboxylic acids is 4. The van der Waals surface area contributed by atoms with Gasteiger partial charge in [0.25, 0.3) is 0 Å². The standard InChI is InChI=1S/C22H31N5O9/c1-11(28)18(27-19(32)13(23)7-8-17(30)31)21(34)25-14(10-16(24)29)20(33)26-15(22(35)36)9-12-5-3-2-4-6-12/h2-6,11,13-15,18,28H,7-10,23H2,1H3,(H2,24,29)(H,25,34)(H,26,33)(H,27,32)(H,30,31)(H,35,36). The molecule has 10 N–H and O–H groups in total. The second kappa shape index (κ2) is 14.4. The van der Waals surface area contributed by atoms with E-state index in [0.717, 1.165) is 6.92 Å². The number of carbonyl (C=O) groups is 6. The van der Waals surface area contributed by atoms with Crippen LogP contribution >= 0.6 is 0 Å². The van der Waals surface area contributed by atoms with E-state index < -0.39 is 78.7 Å². The molecule has 36 heavy (non-hydrogen) atoms. The number of aliphatic carboxylic acids is 2. The van der Waals surface area contributed by atoms with Crippen LogP contribution in [0, 0.1) is 0 Å². The van der Waals surface area contributed by atoms with E-state index >= 15 is 0 Å². The molecular formula is C22H31N5O9. The maximum absolute atomic E-state index is 12.8. The van der Waals surface area contributed by atoms with Crippen LogP contribution < -0.4 is 27.4 Å². The highest BCUT2D eigenvalue weighted by Gasteiger charge is 2.33. The van der Waals surface area contributed by atoms with Crippen molar-refractivity contribution < 1.29 is 44.1 Å². The molecule has 5 atom stereocenters. The maximum Gasteiger partial charge on any atom is 0.326 e. The van der Waals surface area contributed by atoms with Gasteiger partial charge in [-0.3, -0.25) is 24.0 Å². The number of aliphatic hydroxyl groups excluding tert-OH is 1. The van der Waals surface area contributed by atoms with Gasteiger partial charge in [-0.05, 0) is 18.9 Å². The monoisotopic (exact) mass is 509 g/mol. The molecule has 1 aromatic rings. The van der Waals surface area contributed by atoms with Gasteiger partial charge in [-0.1, -0.05) is 30.3 Å². The van der Waals surface area contributed by atoms with Crippen LogP contribution in [0.4, 0.5) is 0 Å². The third kappa shape index (κ3) is 10.5. The van der Waals surface area contributed by atoms with Crippen molar-refractivity contribution in [1.82, 2.24) is 16.0 Å². The molecule has 14 nitrogen and oxygen atoms in total. The quantitative estimate of drug-likeness (QED) is 0.121. The van der Waals surface area contributed by atoms with Crippen molar-refractivity contribution in [1.29, 1.82) is 0 Å². The van der Waals surface area contributed by atoms with Gasteiger partial charge in [-0.2, -0.15) is 0 Å². The number of aliphatic hydroxyl groups is 1. The molecule has 4 amide bonds. The number of rotatable bonds is 15. The van der Waals surface area contributed by atoms with E-state index in [2.05, 4.69) is 16.0 Å². The molecule has 5 unspecified atom stereocenters. The molecule has 1 aromatic carbocycles. The number of primary amides is 1. The van der Waals surface area contributed by atoms with E-state index in [1.165, 1.54) is 0 Å². The van der Waals surface area contributed by atoms with Gasteiger partial charge < -0.3 is 42.7 Å². The van der Waals surface area contributed by atoms with Gasteiger partial charge in [0.15, 0.2) is 0 Å². The highest BCUT2D eigenvalue weighted by Crippen LogP contribution is 2.06. The van der Waals surface area contributed by atoms with Crippen molar-refractivity contribution in [3.63, 3.8) is 0 Å². The van der Waals surface area contributed by atoms with Crippen molar-refractivity contribution in [2.45, 2.75) is 62.9 Å². The maximum atomic E-state index is 12.8. The molecule has 198 valence electrons. The number of nitrogens with one attached hydrogen (secondary N) is 3. The summed E-state index contributed by atoms with van der Waals surface area (Å²) < 4.78 is 0. The molecule has 0 radical (unpaired) electrons. The Hall–Kier alpha value is -4.04. The first kappa shape index (κ1) is 30.0. The molecule has 0 fully saturated rings. The first-order chi connectivity index (χ1) is 16.8. The van der Waals surface area contributed by atoms with E-state index in [1.807, 2.05) is 0 Å². The summed E-state index contributed by atoms with van der Waals surface area (Å²) in [4.78, 5) is 71.6. The fourth-order valence-corrected chi connectivity index (χ4v) is 3.07. The molecule has 0 aliphatic heterocycles. The minimum Gasteiger partial charge on any atom is -0.481 e. The van der Waals surface area contributed by atoms with Crippen LogP contribution in [-0.4, -0.2) is 81.2 Å². The van der Waals surface area contributed by atoms with Gasteiger partial charge in [-0.25, -0.2) is 4.79 Å². The average molecular weight is 510 g/mol. The van der Waals surface area contributed by atoms with Crippen LogP contribution in [0.5, 0.6) is 0 Å². The Morgan fingerprint density at radius 1 is 0.889 bits per heavy atom. The lowest BCUT2D eigenvalue weighted by Gasteiger charge is -2.26. The number of hydrogen-bond donors (Lipinski definition) is 8. The zero-order valence-electron chi connectivity index (χ0n) is 19.5. The number of benzene rings is 1. The summed E-state index contributed by atoms with van der Waals surface area (Å²) in [5.74, 6) is -6.57. The van der Waals surface area contributed by atoms with Crippen LogP contribution in [0.3, 0.4) is 0 Å². The fraction of sp³-hybridized carbons (Fsp3) is 0.455. The molecule has 0 spiro atoms. The summed E-state index contributed by atoms with van der Waals surface area (Å²) in [6, 6.07) is 2.47. The van der Waals surface area contributed by atoms with Gasteiger partial charge in [0.1, 0.15) is 18.1 Å². The smallest absolute Gasteiger partial charge is 0.326 e. The molecule has 0 saturated carbocycles. The predicted molar refractivity (Wildman–Crippen MR) is 124 cm³/mol. The SMILES string of the molecule is CC(O)C(NC(=O)C(N)CCC(=O)O)C(=O)NC(CC(N)=O)C(=O)NC(Cc1ccccc1)C(=O)O. The summed E-state index contributed by atoms with van der Waals surface area (Å²) >= 11 is 0.